The minimum Gasteiger partial charge on any atom is -0.451 e. The van der Waals surface area contributed by atoms with Gasteiger partial charge in [0.05, 0.1) is 26.4 Å². The van der Waals surface area contributed by atoms with Crippen LogP contribution < -0.4 is 10.6 Å². The van der Waals surface area contributed by atoms with E-state index in [9.17, 15) is 10.2 Å². The van der Waals surface area contributed by atoms with E-state index in [1.807, 2.05) is 17.0 Å². The van der Waals surface area contributed by atoms with E-state index in [0.717, 1.165) is 11.3 Å². The summed E-state index contributed by atoms with van der Waals surface area (Å²) in [6.45, 7) is 0.992. The van der Waals surface area contributed by atoms with Crippen LogP contribution in [0.5, 0.6) is 0 Å². The molecule has 2 rings (SSSR count). The lowest BCUT2D eigenvalue weighted by Crippen LogP contribution is -2.30. The van der Waals surface area contributed by atoms with E-state index in [4.69, 9.17) is 15.6 Å². The predicted octanol–water partition coefficient (Wildman–Crippen LogP) is 0.367. The first-order valence-electron chi connectivity index (χ1n) is 7.83. The van der Waals surface area contributed by atoms with Crippen molar-refractivity contribution in [2.24, 2.45) is 4.99 Å². The van der Waals surface area contributed by atoms with Gasteiger partial charge in [0.1, 0.15) is 5.76 Å². The van der Waals surface area contributed by atoms with Crippen molar-refractivity contribution < 1.29 is 20.1 Å². The Balaban J connectivity index is 2.30. The fourth-order valence-corrected chi connectivity index (χ4v) is 2.45. The van der Waals surface area contributed by atoms with Gasteiger partial charge in [-0.25, -0.2) is 4.99 Å². The molecule has 24 heavy (non-hydrogen) atoms. The van der Waals surface area contributed by atoms with Crippen molar-refractivity contribution in [3.8, 4) is 0 Å². The molecular formula is C17H23N3O4. The van der Waals surface area contributed by atoms with Gasteiger partial charge in [0.2, 0.25) is 0 Å². The van der Waals surface area contributed by atoms with Crippen LogP contribution in [0.4, 0.5) is 11.4 Å². The summed E-state index contributed by atoms with van der Waals surface area (Å²) in [4.78, 5) is 5.81. The number of aliphatic hydroxyl groups excluding tert-OH is 3. The van der Waals surface area contributed by atoms with Gasteiger partial charge in [0.25, 0.3) is 0 Å². The van der Waals surface area contributed by atoms with Crippen LogP contribution in [-0.2, 0) is 4.74 Å². The van der Waals surface area contributed by atoms with Gasteiger partial charge < -0.3 is 30.7 Å². The van der Waals surface area contributed by atoms with E-state index in [1.165, 1.54) is 0 Å². The number of anilines is 2. The number of nitrogens with zero attached hydrogens (tertiary/aromatic N) is 2. The molecule has 1 aliphatic rings. The standard InChI is InChI=1S/C17H23N3O4/c18-13-1-3-16(20(6-9-22)7-10-23)15(11-13)17-4-2-14(24-17)12-19-5-8-21/h1,3-4,11,21-23H,2,5-10,18H2. The molecule has 0 saturated carbocycles. The Hall–Kier alpha value is -2.31. The molecule has 0 saturated heterocycles. The Bertz CT molecular complexity index is 645. The monoisotopic (exact) mass is 333 g/mol. The first-order valence-corrected chi connectivity index (χ1v) is 7.83. The molecule has 1 aromatic rings. The van der Waals surface area contributed by atoms with E-state index in [2.05, 4.69) is 10.9 Å². The number of ether oxygens (including phenoxy) is 1. The van der Waals surface area contributed by atoms with Crippen LogP contribution in [0, 0.1) is 0 Å². The summed E-state index contributed by atoms with van der Waals surface area (Å²) in [6, 6.07) is 5.42. The van der Waals surface area contributed by atoms with Gasteiger partial charge in [-0.1, -0.05) is 0 Å². The number of hydrogen-bond acceptors (Lipinski definition) is 7. The zero-order valence-electron chi connectivity index (χ0n) is 13.5. The highest BCUT2D eigenvalue weighted by molar-refractivity contribution is 5.79. The molecule has 1 aliphatic heterocycles. The predicted molar refractivity (Wildman–Crippen MR) is 93.8 cm³/mol. The van der Waals surface area contributed by atoms with E-state index in [1.54, 1.807) is 12.1 Å². The summed E-state index contributed by atoms with van der Waals surface area (Å²) in [5.74, 6) is 3.99. The molecule has 0 aliphatic carbocycles. The molecule has 7 nitrogen and oxygen atoms in total. The molecule has 0 fully saturated rings. The molecule has 130 valence electrons. The highest BCUT2D eigenvalue weighted by Gasteiger charge is 2.20. The van der Waals surface area contributed by atoms with Gasteiger partial charge in [0, 0.05) is 42.3 Å². The number of nitrogen functional groups attached to an aromatic ring is 1. The van der Waals surface area contributed by atoms with Crippen molar-refractivity contribution in [2.75, 3.05) is 50.1 Å². The van der Waals surface area contributed by atoms with E-state index >= 15 is 0 Å². The zero-order valence-corrected chi connectivity index (χ0v) is 13.5. The molecule has 0 bridgehead atoms. The number of aliphatic hydroxyl groups is 3. The molecule has 0 spiro atoms. The fraction of sp³-hybridized carbons (Fsp3) is 0.412. The van der Waals surface area contributed by atoms with Gasteiger partial charge >= 0.3 is 0 Å². The maximum Gasteiger partial charge on any atom is 0.168 e. The lowest BCUT2D eigenvalue weighted by atomic mass is 10.1. The first kappa shape index (κ1) is 18.0. The van der Waals surface area contributed by atoms with Crippen molar-refractivity contribution >= 4 is 23.0 Å². The second kappa shape index (κ2) is 9.10. The van der Waals surface area contributed by atoms with E-state index < -0.39 is 0 Å². The van der Waals surface area contributed by atoms with Gasteiger partial charge in [-0.05, 0) is 24.3 Å². The molecule has 0 unspecified atom stereocenters. The quantitative estimate of drug-likeness (QED) is 0.404. The molecular weight excluding hydrogens is 310 g/mol. The second-order valence-corrected chi connectivity index (χ2v) is 5.23. The number of allylic oxidation sites excluding steroid dienone is 1. The third-order valence-corrected chi connectivity index (χ3v) is 3.49. The SMILES string of the molecule is Nc1ccc(N(CCO)CCO)c(C2=CCC(=C=NCCO)O2)c1. The Morgan fingerprint density at radius 1 is 1.17 bits per heavy atom. The van der Waals surface area contributed by atoms with Crippen molar-refractivity contribution in [2.45, 2.75) is 6.42 Å². The van der Waals surface area contributed by atoms with Crippen LogP contribution >= 0.6 is 0 Å². The Morgan fingerprint density at radius 2 is 1.92 bits per heavy atom. The minimum atomic E-state index is -0.0305. The zero-order chi connectivity index (χ0) is 17.4. The average molecular weight is 333 g/mol. The third-order valence-electron chi connectivity index (χ3n) is 3.49. The van der Waals surface area contributed by atoms with Crippen molar-refractivity contribution in [3.63, 3.8) is 0 Å². The average Bonchev–Trinajstić information content (AvgIpc) is 3.04. The molecule has 0 amide bonds. The Kier molecular flexibility index (Phi) is 6.84. The summed E-state index contributed by atoms with van der Waals surface area (Å²) >= 11 is 0. The van der Waals surface area contributed by atoms with Crippen LogP contribution in [0.25, 0.3) is 5.76 Å². The fourth-order valence-electron chi connectivity index (χ4n) is 2.45. The largest absolute Gasteiger partial charge is 0.451 e. The summed E-state index contributed by atoms with van der Waals surface area (Å²) in [5, 5.41) is 27.3. The third kappa shape index (κ3) is 4.59. The highest BCUT2D eigenvalue weighted by Crippen LogP contribution is 2.35. The van der Waals surface area contributed by atoms with E-state index in [0.29, 0.717) is 36.7 Å². The van der Waals surface area contributed by atoms with Crippen LogP contribution in [0.15, 0.2) is 35.0 Å². The number of nitrogens with two attached hydrogens (primary N) is 1. The maximum absolute atomic E-state index is 9.26. The molecule has 7 heteroatoms. The number of aliphatic imine (C=N–C) groups is 1. The first-order chi connectivity index (χ1) is 11.7. The molecule has 0 aromatic heterocycles. The van der Waals surface area contributed by atoms with Gasteiger partial charge in [-0.2, -0.15) is 0 Å². The molecule has 1 aromatic carbocycles. The molecule has 0 atom stereocenters. The normalized spacial score (nSPS) is 13.3. The molecule has 1 heterocycles. The maximum atomic E-state index is 9.26. The van der Waals surface area contributed by atoms with E-state index in [-0.39, 0.29) is 26.4 Å². The lowest BCUT2D eigenvalue weighted by Gasteiger charge is -2.26. The summed E-state index contributed by atoms with van der Waals surface area (Å²) < 4.78 is 5.78. The van der Waals surface area contributed by atoms with Gasteiger partial charge in [-0.3, -0.25) is 0 Å². The van der Waals surface area contributed by atoms with Crippen molar-refractivity contribution in [1.29, 1.82) is 0 Å². The Labute approximate surface area is 141 Å². The topological polar surface area (TPSA) is 112 Å². The number of rotatable bonds is 8. The summed E-state index contributed by atoms with van der Waals surface area (Å²) in [6.07, 6.45) is 2.46. The van der Waals surface area contributed by atoms with Crippen LogP contribution in [0.1, 0.15) is 12.0 Å². The van der Waals surface area contributed by atoms with Crippen molar-refractivity contribution in [1.82, 2.24) is 0 Å². The van der Waals surface area contributed by atoms with Crippen LogP contribution in [0.2, 0.25) is 0 Å². The highest BCUT2D eigenvalue weighted by atomic mass is 16.5. The van der Waals surface area contributed by atoms with Crippen LogP contribution in [-0.4, -0.2) is 60.6 Å². The second-order valence-electron chi connectivity index (χ2n) is 5.23. The smallest absolute Gasteiger partial charge is 0.168 e. The van der Waals surface area contributed by atoms with Crippen LogP contribution in [0.3, 0.4) is 0 Å². The molecule has 5 N–H and O–H groups in total. The van der Waals surface area contributed by atoms with Gasteiger partial charge in [0.15, 0.2) is 5.76 Å². The summed E-state index contributed by atoms with van der Waals surface area (Å²) in [7, 11) is 0. The number of benzene rings is 1. The Morgan fingerprint density at radius 3 is 2.58 bits per heavy atom. The molecule has 0 radical (unpaired) electrons. The summed E-state index contributed by atoms with van der Waals surface area (Å²) in [5.41, 5.74) is 8.12. The van der Waals surface area contributed by atoms with Gasteiger partial charge in [-0.15, -0.1) is 0 Å². The van der Waals surface area contributed by atoms with Crippen molar-refractivity contribution in [3.05, 3.63) is 35.6 Å². The minimum absolute atomic E-state index is 0.0251. The lowest BCUT2D eigenvalue weighted by molar-refractivity contribution is 0.281. The number of hydrogen-bond donors (Lipinski definition) is 4.